The van der Waals surface area contributed by atoms with Gasteiger partial charge in [0.15, 0.2) is 10.1 Å². The average Bonchev–Trinajstić information content (AvgIpc) is 3.80. The number of unbranched alkanes of at least 4 members (excludes halogenated alkanes) is 2. The molecule has 3 aromatic carbocycles. The quantitative estimate of drug-likeness (QED) is 0.0361. The summed E-state index contributed by atoms with van der Waals surface area (Å²) in [4.78, 5) is 33.8. The fourth-order valence-corrected chi connectivity index (χ4v) is 8.10. The Kier molecular flexibility index (Phi) is 9.20. The van der Waals surface area contributed by atoms with Crippen molar-refractivity contribution in [3.05, 3.63) is 119 Å². The Morgan fingerprint density at radius 2 is 1.76 bits per heavy atom. The number of ketones is 1. The fraction of sp³-hybridized carbons (Fsp3) is 0.237. The number of fused-ring (bicyclic) bond motifs is 2. The monoisotopic (exact) mass is 689 g/mol. The molecular weight excluding hydrogens is 655 g/mol. The van der Waals surface area contributed by atoms with Crippen LogP contribution in [-0.4, -0.2) is 43.0 Å². The predicted octanol–water partition coefficient (Wildman–Crippen LogP) is 8.44. The molecule has 0 aliphatic carbocycles. The molecular formula is C38H35N5O4S2. The van der Waals surface area contributed by atoms with Crippen LogP contribution in [-0.2, 0) is 15.3 Å². The molecule has 4 heterocycles. The summed E-state index contributed by atoms with van der Waals surface area (Å²) in [5, 5.41) is 23.2. The van der Waals surface area contributed by atoms with Gasteiger partial charge in [0, 0.05) is 11.9 Å². The average molecular weight is 690 g/mol. The van der Waals surface area contributed by atoms with E-state index >= 15 is 0 Å². The minimum Gasteiger partial charge on any atom is -0.505 e. The molecule has 11 heteroatoms. The van der Waals surface area contributed by atoms with E-state index in [-0.39, 0.29) is 22.2 Å². The van der Waals surface area contributed by atoms with Gasteiger partial charge in [-0.25, -0.2) is 4.98 Å². The SMILES string of the molecule is CCCCCOc1ccc(C2/C(=C(\O)c3nc4c(C)cccn4c3C)C(=O)C(=O)N2c2nnc(SCc3cccc4ccccc34)s2)cc1. The van der Waals surface area contributed by atoms with Crippen molar-refractivity contribution in [3.63, 3.8) is 0 Å². The zero-order chi connectivity index (χ0) is 34.1. The second-order valence-corrected chi connectivity index (χ2v) is 14.2. The number of carbonyl (C=O) groups excluding carboxylic acids is 2. The number of anilines is 1. The van der Waals surface area contributed by atoms with Gasteiger partial charge in [0.25, 0.3) is 5.78 Å². The highest BCUT2D eigenvalue weighted by Gasteiger charge is 2.49. The van der Waals surface area contributed by atoms with Crippen LogP contribution < -0.4 is 9.64 Å². The molecule has 1 unspecified atom stereocenters. The fourth-order valence-electron chi connectivity index (χ4n) is 6.22. The van der Waals surface area contributed by atoms with Gasteiger partial charge in [0.2, 0.25) is 5.13 Å². The number of amides is 1. The van der Waals surface area contributed by atoms with E-state index in [0.717, 1.165) is 35.8 Å². The van der Waals surface area contributed by atoms with Crippen LogP contribution in [0.1, 0.15) is 60.3 Å². The lowest BCUT2D eigenvalue weighted by Gasteiger charge is -2.22. The molecule has 1 aliphatic heterocycles. The van der Waals surface area contributed by atoms with E-state index < -0.39 is 17.7 Å². The summed E-state index contributed by atoms with van der Waals surface area (Å²) < 4.78 is 8.46. The Morgan fingerprint density at radius 3 is 2.55 bits per heavy atom. The van der Waals surface area contributed by atoms with Gasteiger partial charge >= 0.3 is 5.91 Å². The molecule has 6 aromatic rings. The smallest absolute Gasteiger partial charge is 0.301 e. The highest BCUT2D eigenvalue weighted by molar-refractivity contribution is 8.00. The highest BCUT2D eigenvalue weighted by atomic mass is 32.2. The molecule has 0 saturated carbocycles. The molecule has 0 spiro atoms. The second kappa shape index (κ2) is 13.9. The molecule has 1 saturated heterocycles. The molecule has 1 aliphatic rings. The number of ether oxygens (including phenoxy) is 1. The van der Waals surface area contributed by atoms with Crippen molar-refractivity contribution < 1.29 is 19.4 Å². The molecule has 1 fully saturated rings. The van der Waals surface area contributed by atoms with Gasteiger partial charge < -0.3 is 14.2 Å². The van der Waals surface area contributed by atoms with Crippen molar-refractivity contribution in [2.75, 3.05) is 11.5 Å². The van der Waals surface area contributed by atoms with Crippen LogP contribution in [0, 0.1) is 13.8 Å². The molecule has 7 rings (SSSR count). The first-order valence-electron chi connectivity index (χ1n) is 16.3. The van der Waals surface area contributed by atoms with E-state index in [4.69, 9.17) is 9.72 Å². The van der Waals surface area contributed by atoms with Crippen molar-refractivity contribution in [2.24, 2.45) is 0 Å². The summed E-state index contributed by atoms with van der Waals surface area (Å²) in [5.74, 6) is -0.584. The summed E-state index contributed by atoms with van der Waals surface area (Å²) in [6.45, 7) is 6.50. The molecule has 49 heavy (non-hydrogen) atoms. The number of pyridine rings is 1. The highest BCUT2D eigenvalue weighted by Crippen LogP contribution is 2.44. The van der Waals surface area contributed by atoms with Crippen LogP contribution >= 0.6 is 23.1 Å². The number of aromatic nitrogens is 4. The number of Topliss-reactive ketones (excluding diaryl/α,β-unsaturated/α-hetero) is 1. The summed E-state index contributed by atoms with van der Waals surface area (Å²) in [6.07, 6.45) is 4.99. The maximum absolute atomic E-state index is 13.9. The van der Waals surface area contributed by atoms with Crippen molar-refractivity contribution >= 4 is 62.1 Å². The number of imidazole rings is 1. The van der Waals surface area contributed by atoms with E-state index in [1.165, 1.54) is 33.4 Å². The third kappa shape index (κ3) is 6.20. The molecule has 0 radical (unpaired) electrons. The maximum Gasteiger partial charge on any atom is 0.301 e. The number of hydrogen-bond acceptors (Lipinski definition) is 9. The van der Waals surface area contributed by atoms with Crippen molar-refractivity contribution in [1.82, 2.24) is 19.6 Å². The van der Waals surface area contributed by atoms with Gasteiger partial charge in [-0.1, -0.05) is 104 Å². The topological polar surface area (TPSA) is 110 Å². The lowest BCUT2D eigenvalue weighted by Crippen LogP contribution is -2.29. The molecule has 1 atom stereocenters. The maximum atomic E-state index is 13.9. The van der Waals surface area contributed by atoms with Crippen LogP contribution in [0.4, 0.5) is 5.13 Å². The standard InChI is InChI=1S/C38H35N5O4S2/c1-4-5-8-21-47-28-18-16-26(17-19-28)32-30(33(44)31-24(3)42-20-10-11-23(2)35(42)39-31)34(45)36(46)43(32)37-40-41-38(49-37)48-22-27-14-9-13-25-12-6-7-15-29(25)27/h6-7,9-20,32,44H,4-5,8,21-22H2,1-3H3/b33-30+. The van der Waals surface area contributed by atoms with Gasteiger partial charge in [-0.05, 0) is 65.9 Å². The number of aliphatic hydroxyl groups is 1. The molecule has 3 aromatic heterocycles. The number of thioether (sulfide) groups is 1. The van der Waals surface area contributed by atoms with Gasteiger partial charge in [0.1, 0.15) is 17.1 Å². The van der Waals surface area contributed by atoms with Gasteiger partial charge in [-0.15, -0.1) is 10.2 Å². The Labute approximate surface area is 292 Å². The first kappa shape index (κ1) is 32.5. The number of nitrogens with zero attached hydrogens (tertiary/aromatic N) is 5. The Hall–Kier alpha value is -5.00. The van der Waals surface area contributed by atoms with Crippen LogP contribution in [0.2, 0.25) is 0 Å². The van der Waals surface area contributed by atoms with Crippen LogP contribution in [0.3, 0.4) is 0 Å². The Balaban J connectivity index is 1.26. The van der Waals surface area contributed by atoms with E-state index in [9.17, 15) is 14.7 Å². The van der Waals surface area contributed by atoms with Crippen LogP contribution in [0.25, 0.3) is 22.2 Å². The van der Waals surface area contributed by atoms with Crippen molar-refractivity contribution in [2.45, 2.75) is 56.2 Å². The number of aryl methyl sites for hydroxylation is 2. The van der Waals surface area contributed by atoms with E-state index in [1.54, 1.807) is 0 Å². The predicted molar refractivity (Wildman–Crippen MR) is 194 cm³/mol. The summed E-state index contributed by atoms with van der Waals surface area (Å²) >= 11 is 2.76. The first-order valence-corrected chi connectivity index (χ1v) is 18.1. The van der Waals surface area contributed by atoms with Crippen molar-refractivity contribution in [3.8, 4) is 5.75 Å². The lowest BCUT2D eigenvalue weighted by molar-refractivity contribution is -0.132. The third-order valence-electron chi connectivity index (χ3n) is 8.80. The minimum atomic E-state index is -0.955. The van der Waals surface area contributed by atoms with Gasteiger partial charge in [-0.2, -0.15) is 0 Å². The first-order chi connectivity index (χ1) is 23.9. The van der Waals surface area contributed by atoms with Crippen molar-refractivity contribution in [1.29, 1.82) is 0 Å². The number of rotatable bonds is 11. The third-order valence-corrected chi connectivity index (χ3v) is 10.9. The molecule has 1 N–H and O–H groups in total. The number of carbonyl (C=O) groups is 2. The molecule has 1 amide bonds. The number of hydrogen-bond donors (Lipinski definition) is 1. The Morgan fingerprint density at radius 1 is 0.959 bits per heavy atom. The molecule has 248 valence electrons. The molecule has 9 nitrogen and oxygen atoms in total. The van der Waals surface area contributed by atoms with E-state index in [2.05, 4.69) is 41.4 Å². The van der Waals surface area contributed by atoms with Gasteiger partial charge in [-0.3, -0.25) is 14.5 Å². The molecule has 0 bridgehead atoms. The summed E-state index contributed by atoms with van der Waals surface area (Å²) in [6, 6.07) is 24.6. The van der Waals surface area contributed by atoms with Gasteiger partial charge in [0.05, 0.1) is 23.9 Å². The zero-order valence-electron chi connectivity index (χ0n) is 27.4. The van der Waals surface area contributed by atoms with Crippen LogP contribution in [0.15, 0.2) is 95.0 Å². The number of benzene rings is 3. The second-order valence-electron chi connectivity index (χ2n) is 12.0. The van der Waals surface area contributed by atoms with E-state index in [0.29, 0.717) is 39.4 Å². The van der Waals surface area contributed by atoms with Crippen LogP contribution in [0.5, 0.6) is 5.75 Å². The normalized spacial score (nSPS) is 15.9. The zero-order valence-corrected chi connectivity index (χ0v) is 29.1. The summed E-state index contributed by atoms with van der Waals surface area (Å²) in [5.41, 5.74) is 4.21. The Bertz CT molecular complexity index is 2220. The lowest BCUT2D eigenvalue weighted by atomic mass is 9.96. The number of aliphatic hydroxyl groups excluding tert-OH is 1. The largest absolute Gasteiger partial charge is 0.505 e. The summed E-state index contributed by atoms with van der Waals surface area (Å²) in [7, 11) is 0. The van der Waals surface area contributed by atoms with E-state index in [1.807, 2.05) is 79.0 Å². The minimum absolute atomic E-state index is 0.0501.